The number of imidazole rings is 1. The zero-order valence-corrected chi connectivity index (χ0v) is 19.3. The zero-order chi connectivity index (χ0) is 23.1. The summed E-state index contributed by atoms with van der Waals surface area (Å²) >= 11 is 12.8. The van der Waals surface area contributed by atoms with E-state index in [1.165, 1.54) is 0 Å². The molecule has 0 aliphatic carbocycles. The average Bonchev–Trinajstić information content (AvgIpc) is 3.49. The highest BCUT2D eigenvalue weighted by Crippen LogP contribution is 2.37. The zero-order valence-electron chi connectivity index (χ0n) is 17.8. The first-order valence-electron chi connectivity index (χ1n) is 10.7. The molecule has 0 saturated carbocycles. The van der Waals surface area contributed by atoms with Gasteiger partial charge in [0.15, 0.2) is 5.76 Å². The second-order valence-electron chi connectivity index (χ2n) is 7.84. The Balaban J connectivity index is 1.48. The molecule has 0 spiro atoms. The number of fused-ring (bicyclic) bond motifs is 1. The van der Waals surface area contributed by atoms with Gasteiger partial charge in [0.25, 0.3) is 0 Å². The number of benzene rings is 4. The Bertz CT molecular complexity index is 1550. The van der Waals surface area contributed by atoms with Crippen LogP contribution in [0.1, 0.15) is 0 Å². The Hall–Kier alpha value is -3.86. The second kappa shape index (κ2) is 8.49. The molecule has 0 saturated heterocycles. The summed E-state index contributed by atoms with van der Waals surface area (Å²) in [6, 6.07) is 31.3. The van der Waals surface area contributed by atoms with Crippen molar-refractivity contribution in [2.75, 3.05) is 0 Å². The Kier molecular flexibility index (Phi) is 5.17. The quantitative estimate of drug-likeness (QED) is 0.274. The lowest BCUT2D eigenvalue weighted by atomic mass is 10.1. The van der Waals surface area contributed by atoms with E-state index in [0.29, 0.717) is 27.3 Å². The number of hydrogen-bond acceptors (Lipinski definition) is 3. The molecule has 6 rings (SSSR count). The second-order valence-corrected chi connectivity index (χ2v) is 8.66. The molecule has 6 aromatic rings. The molecule has 2 aromatic heterocycles. The largest absolute Gasteiger partial charge is 0.435 e. The standard InChI is InChI=1S/C28H17Cl2N3O/c29-20-12-7-13-21(30)24(20)27-31-22-15-14-19(16-23(22)32-27)28-33-25(17-8-3-1-4-9-17)26(34-28)18-10-5-2-6-11-18/h1-16H,(H,31,32). The van der Waals surface area contributed by atoms with Gasteiger partial charge in [0.1, 0.15) is 11.5 Å². The van der Waals surface area contributed by atoms with Gasteiger partial charge >= 0.3 is 0 Å². The van der Waals surface area contributed by atoms with Gasteiger partial charge in [-0.2, -0.15) is 0 Å². The summed E-state index contributed by atoms with van der Waals surface area (Å²) in [5.41, 5.74) is 5.92. The fourth-order valence-corrected chi connectivity index (χ4v) is 4.58. The minimum absolute atomic E-state index is 0.534. The Morgan fingerprint density at radius 2 is 1.32 bits per heavy atom. The molecular formula is C28H17Cl2N3O. The maximum atomic E-state index is 6.39. The van der Waals surface area contributed by atoms with E-state index in [0.717, 1.165) is 39.2 Å². The third-order valence-electron chi connectivity index (χ3n) is 5.64. The molecule has 0 aliphatic rings. The fraction of sp³-hybridized carbons (Fsp3) is 0. The smallest absolute Gasteiger partial charge is 0.227 e. The summed E-state index contributed by atoms with van der Waals surface area (Å²) in [5.74, 6) is 1.88. The number of aromatic nitrogens is 3. The number of nitrogens with zero attached hydrogens (tertiary/aromatic N) is 2. The minimum atomic E-state index is 0.534. The van der Waals surface area contributed by atoms with Crippen molar-refractivity contribution in [3.05, 3.63) is 107 Å². The molecule has 0 radical (unpaired) electrons. The number of halogens is 2. The summed E-state index contributed by atoms with van der Waals surface area (Å²) < 4.78 is 6.33. The molecule has 34 heavy (non-hydrogen) atoms. The number of aromatic amines is 1. The predicted octanol–water partition coefficient (Wildman–Crippen LogP) is 8.53. The summed E-state index contributed by atoms with van der Waals surface area (Å²) in [4.78, 5) is 12.9. The van der Waals surface area contributed by atoms with Crippen LogP contribution in [-0.2, 0) is 0 Å². The summed E-state index contributed by atoms with van der Waals surface area (Å²) in [6.45, 7) is 0. The highest BCUT2D eigenvalue weighted by molar-refractivity contribution is 6.39. The van der Waals surface area contributed by atoms with Crippen molar-refractivity contribution in [3.63, 3.8) is 0 Å². The van der Waals surface area contributed by atoms with Crippen LogP contribution >= 0.6 is 23.2 Å². The first kappa shape index (κ1) is 20.7. The third kappa shape index (κ3) is 3.67. The molecule has 2 heterocycles. The van der Waals surface area contributed by atoms with E-state index in [9.17, 15) is 0 Å². The minimum Gasteiger partial charge on any atom is -0.435 e. The number of nitrogens with one attached hydrogen (secondary N) is 1. The van der Waals surface area contributed by atoms with E-state index in [2.05, 4.69) is 9.97 Å². The number of hydrogen-bond donors (Lipinski definition) is 1. The summed E-state index contributed by atoms with van der Waals surface area (Å²) in [5, 5.41) is 1.08. The van der Waals surface area contributed by atoms with Gasteiger partial charge in [0, 0.05) is 16.7 Å². The predicted molar refractivity (Wildman–Crippen MR) is 138 cm³/mol. The van der Waals surface area contributed by atoms with Crippen molar-refractivity contribution in [1.29, 1.82) is 0 Å². The molecule has 164 valence electrons. The lowest BCUT2D eigenvalue weighted by molar-refractivity contribution is 0.589. The van der Waals surface area contributed by atoms with Gasteiger partial charge in [-0.1, -0.05) is 89.9 Å². The van der Waals surface area contributed by atoms with Crippen molar-refractivity contribution >= 4 is 34.2 Å². The number of rotatable bonds is 4. The van der Waals surface area contributed by atoms with Gasteiger partial charge in [-0.25, -0.2) is 9.97 Å². The number of oxazole rings is 1. The third-order valence-corrected chi connectivity index (χ3v) is 6.27. The molecule has 4 aromatic carbocycles. The summed E-state index contributed by atoms with van der Waals surface area (Å²) in [6.07, 6.45) is 0. The Morgan fingerprint density at radius 1 is 0.647 bits per heavy atom. The lowest BCUT2D eigenvalue weighted by Gasteiger charge is -2.02. The van der Waals surface area contributed by atoms with Crippen molar-refractivity contribution in [1.82, 2.24) is 15.0 Å². The molecule has 0 amide bonds. The van der Waals surface area contributed by atoms with Crippen LogP contribution in [0.25, 0.3) is 56.5 Å². The highest BCUT2D eigenvalue weighted by atomic mass is 35.5. The molecule has 0 fully saturated rings. The van der Waals surface area contributed by atoms with E-state index in [1.807, 2.05) is 84.9 Å². The van der Waals surface area contributed by atoms with Gasteiger partial charge in [-0.3, -0.25) is 0 Å². The van der Waals surface area contributed by atoms with Crippen LogP contribution in [0, 0.1) is 0 Å². The fourth-order valence-electron chi connectivity index (χ4n) is 4.01. The van der Waals surface area contributed by atoms with Crippen LogP contribution in [0.4, 0.5) is 0 Å². The normalized spacial score (nSPS) is 11.2. The van der Waals surface area contributed by atoms with Crippen molar-refractivity contribution < 1.29 is 4.42 Å². The molecule has 6 heteroatoms. The van der Waals surface area contributed by atoms with Crippen LogP contribution in [0.3, 0.4) is 0 Å². The maximum absolute atomic E-state index is 6.39. The van der Waals surface area contributed by atoms with Gasteiger partial charge in [-0.15, -0.1) is 0 Å². The van der Waals surface area contributed by atoms with Gasteiger partial charge in [0.05, 0.1) is 26.6 Å². The van der Waals surface area contributed by atoms with Crippen LogP contribution in [0.5, 0.6) is 0 Å². The van der Waals surface area contributed by atoms with Gasteiger partial charge in [-0.05, 0) is 30.3 Å². The molecule has 0 aliphatic heterocycles. The SMILES string of the molecule is Clc1cccc(Cl)c1-c1nc2ccc(-c3nc(-c4ccccc4)c(-c4ccccc4)o3)cc2[nH]1. The lowest BCUT2D eigenvalue weighted by Crippen LogP contribution is -1.83. The van der Waals surface area contributed by atoms with E-state index in [4.69, 9.17) is 32.6 Å². The summed E-state index contributed by atoms with van der Waals surface area (Å²) in [7, 11) is 0. The van der Waals surface area contributed by atoms with Crippen LogP contribution in [0.2, 0.25) is 10.0 Å². The first-order valence-corrected chi connectivity index (χ1v) is 11.5. The molecular weight excluding hydrogens is 465 g/mol. The van der Waals surface area contributed by atoms with Crippen LogP contribution in [0.15, 0.2) is 101 Å². The van der Waals surface area contributed by atoms with Crippen molar-refractivity contribution in [2.24, 2.45) is 0 Å². The highest BCUT2D eigenvalue weighted by Gasteiger charge is 2.19. The van der Waals surface area contributed by atoms with Crippen LogP contribution in [-0.4, -0.2) is 15.0 Å². The topological polar surface area (TPSA) is 54.7 Å². The molecule has 1 N–H and O–H groups in total. The van der Waals surface area contributed by atoms with E-state index in [1.54, 1.807) is 12.1 Å². The monoisotopic (exact) mass is 481 g/mol. The molecule has 0 atom stereocenters. The Labute approximate surface area is 205 Å². The van der Waals surface area contributed by atoms with Crippen molar-refractivity contribution in [3.8, 4) is 45.4 Å². The van der Waals surface area contributed by atoms with E-state index in [-0.39, 0.29) is 0 Å². The molecule has 0 bridgehead atoms. The molecule has 4 nitrogen and oxygen atoms in total. The van der Waals surface area contributed by atoms with Gasteiger partial charge in [0.2, 0.25) is 5.89 Å². The van der Waals surface area contributed by atoms with Crippen molar-refractivity contribution in [2.45, 2.75) is 0 Å². The maximum Gasteiger partial charge on any atom is 0.227 e. The Morgan fingerprint density at radius 3 is 2.03 bits per heavy atom. The van der Waals surface area contributed by atoms with E-state index >= 15 is 0 Å². The van der Waals surface area contributed by atoms with Crippen LogP contribution < -0.4 is 0 Å². The van der Waals surface area contributed by atoms with Gasteiger partial charge < -0.3 is 9.40 Å². The first-order chi connectivity index (χ1) is 16.7. The average molecular weight is 482 g/mol. The molecule has 0 unspecified atom stereocenters. The van der Waals surface area contributed by atoms with E-state index < -0.39 is 0 Å². The number of H-pyrrole nitrogens is 1.